The zero-order valence-electron chi connectivity index (χ0n) is 11.4. The zero-order valence-corrected chi connectivity index (χ0v) is 12.2. The van der Waals surface area contributed by atoms with Crippen molar-refractivity contribution in [2.24, 2.45) is 11.8 Å². The first kappa shape index (κ1) is 14.1. The van der Waals surface area contributed by atoms with Crippen LogP contribution in [0.4, 0.5) is 5.13 Å². The first-order valence-corrected chi connectivity index (χ1v) is 7.40. The molecule has 19 heavy (non-hydrogen) atoms. The van der Waals surface area contributed by atoms with E-state index in [1.54, 1.807) is 0 Å². The topological polar surface area (TPSA) is 65.2 Å². The van der Waals surface area contributed by atoms with Crippen LogP contribution in [0.5, 0.6) is 0 Å². The van der Waals surface area contributed by atoms with Crippen molar-refractivity contribution in [2.45, 2.75) is 32.1 Å². The molecule has 0 spiro atoms. The van der Waals surface area contributed by atoms with Gasteiger partial charge in [0.25, 0.3) is 0 Å². The molecule has 1 fully saturated rings. The second-order valence-corrected chi connectivity index (χ2v) is 6.06. The standard InChI is InChI=1S/C14H20N2O2S/c1-8-5-4-6-10(9(2)13(17)18-3)12(8)11-7-19-14(15)16-11/h7-8,10,12H,2,4-6H2,1,3H3,(H2,15,16). The Bertz CT molecular complexity index is 484. The molecule has 1 heterocycles. The quantitative estimate of drug-likeness (QED) is 0.683. The summed E-state index contributed by atoms with van der Waals surface area (Å²) >= 11 is 1.45. The van der Waals surface area contributed by atoms with E-state index < -0.39 is 0 Å². The predicted molar refractivity (Wildman–Crippen MR) is 76.9 cm³/mol. The zero-order chi connectivity index (χ0) is 14.0. The minimum atomic E-state index is -0.313. The summed E-state index contributed by atoms with van der Waals surface area (Å²) in [7, 11) is 1.40. The molecule has 0 aliphatic heterocycles. The minimum absolute atomic E-state index is 0.109. The lowest BCUT2D eigenvalue weighted by Gasteiger charge is -2.36. The highest BCUT2D eigenvalue weighted by molar-refractivity contribution is 7.13. The van der Waals surface area contributed by atoms with E-state index in [0.29, 0.717) is 16.6 Å². The Balaban J connectivity index is 2.29. The van der Waals surface area contributed by atoms with Crippen LogP contribution in [-0.4, -0.2) is 18.1 Å². The molecule has 0 aromatic carbocycles. The molecule has 1 aromatic heterocycles. The summed E-state index contributed by atoms with van der Waals surface area (Å²) in [5.41, 5.74) is 7.28. The van der Waals surface area contributed by atoms with E-state index in [-0.39, 0.29) is 17.8 Å². The first-order chi connectivity index (χ1) is 9.04. The molecule has 5 heteroatoms. The molecular weight excluding hydrogens is 260 g/mol. The summed E-state index contributed by atoms with van der Waals surface area (Å²) < 4.78 is 4.81. The van der Waals surface area contributed by atoms with Crippen LogP contribution in [0.25, 0.3) is 0 Å². The number of esters is 1. The third-order valence-electron chi connectivity index (χ3n) is 4.00. The van der Waals surface area contributed by atoms with Gasteiger partial charge >= 0.3 is 5.97 Å². The molecular formula is C14H20N2O2S. The predicted octanol–water partition coefficient (Wildman–Crippen LogP) is 2.97. The van der Waals surface area contributed by atoms with E-state index in [2.05, 4.69) is 18.5 Å². The lowest BCUT2D eigenvalue weighted by molar-refractivity contribution is -0.137. The average molecular weight is 280 g/mol. The molecule has 4 nitrogen and oxygen atoms in total. The highest BCUT2D eigenvalue weighted by Crippen LogP contribution is 2.45. The fourth-order valence-corrected chi connectivity index (χ4v) is 3.65. The van der Waals surface area contributed by atoms with Crippen molar-refractivity contribution in [1.29, 1.82) is 0 Å². The van der Waals surface area contributed by atoms with Crippen molar-refractivity contribution in [3.05, 3.63) is 23.2 Å². The lowest BCUT2D eigenvalue weighted by Crippen LogP contribution is -2.29. The number of nitrogens with zero attached hydrogens (tertiary/aromatic N) is 1. The second kappa shape index (κ2) is 5.74. The maximum absolute atomic E-state index is 11.7. The van der Waals surface area contributed by atoms with Gasteiger partial charge in [-0.1, -0.05) is 26.3 Å². The number of methoxy groups -OCH3 is 1. The van der Waals surface area contributed by atoms with Gasteiger partial charge in [0.2, 0.25) is 0 Å². The molecule has 0 radical (unpaired) electrons. The van der Waals surface area contributed by atoms with E-state index >= 15 is 0 Å². The summed E-state index contributed by atoms with van der Waals surface area (Å²) in [6.07, 6.45) is 3.21. The summed E-state index contributed by atoms with van der Waals surface area (Å²) in [5.74, 6) is 0.487. The molecule has 1 aliphatic rings. The Morgan fingerprint density at radius 2 is 2.32 bits per heavy atom. The lowest BCUT2D eigenvalue weighted by atomic mass is 9.69. The van der Waals surface area contributed by atoms with Crippen LogP contribution in [-0.2, 0) is 9.53 Å². The van der Waals surface area contributed by atoms with Gasteiger partial charge in [0.15, 0.2) is 5.13 Å². The summed E-state index contributed by atoms with van der Waals surface area (Å²) in [4.78, 5) is 16.1. The molecule has 2 rings (SSSR count). The van der Waals surface area contributed by atoms with E-state index in [4.69, 9.17) is 10.5 Å². The number of thiazole rings is 1. The number of rotatable bonds is 3. The largest absolute Gasteiger partial charge is 0.466 e. The van der Waals surface area contributed by atoms with E-state index in [0.717, 1.165) is 25.0 Å². The molecule has 1 aromatic rings. The van der Waals surface area contributed by atoms with Crippen LogP contribution in [0, 0.1) is 11.8 Å². The van der Waals surface area contributed by atoms with Gasteiger partial charge in [-0.2, -0.15) is 0 Å². The SMILES string of the molecule is C=C(C(=O)OC)C1CCCC(C)C1c1csc(N)n1. The Hall–Kier alpha value is -1.36. The Morgan fingerprint density at radius 3 is 2.89 bits per heavy atom. The molecule has 1 saturated carbocycles. The summed E-state index contributed by atoms with van der Waals surface area (Å²) in [5, 5.41) is 2.58. The number of nitrogens with two attached hydrogens (primary N) is 1. The van der Waals surface area contributed by atoms with Crippen LogP contribution in [0.2, 0.25) is 0 Å². The fraction of sp³-hybridized carbons (Fsp3) is 0.571. The maximum Gasteiger partial charge on any atom is 0.333 e. The molecule has 0 bridgehead atoms. The van der Waals surface area contributed by atoms with Crippen molar-refractivity contribution >= 4 is 22.4 Å². The fourth-order valence-electron chi connectivity index (χ4n) is 3.04. The van der Waals surface area contributed by atoms with Gasteiger partial charge in [-0.25, -0.2) is 9.78 Å². The third kappa shape index (κ3) is 2.81. The van der Waals surface area contributed by atoms with Crippen molar-refractivity contribution in [3.63, 3.8) is 0 Å². The van der Waals surface area contributed by atoms with Crippen LogP contribution in [0.15, 0.2) is 17.5 Å². The molecule has 0 amide bonds. The number of carbonyl (C=O) groups excluding carboxylic acids is 1. The van der Waals surface area contributed by atoms with Gasteiger partial charge in [-0.05, 0) is 18.3 Å². The van der Waals surface area contributed by atoms with Crippen LogP contribution >= 0.6 is 11.3 Å². The number of anilines is 1. The van der Waals surface area contributed by atoms with E-state index in [1.807, 2.05) is 5.38 Å². The molecule has 104 valence electrons. The van der Waals surface area contributed by atoms with Gasteiger partial charge in [-0.15, -0.1) is 11.3 Å². The highest BCUT2D eigenvalue weighted by Gasteiger charge is 2.37. The van der Waals surface area contributed by atoms with Gasteiger partial charge < -0.3 is 10.5 Å². The number of carbonyl (C=O) groups is 1. The van der Waals surface area contributed by atoms with Crippen LogP contribution < -0.4 is 5.73 Å². The molecule has 3 atom stereocenters. The van der Waals surface area contributed by atoms with Crippen molar-refractivity contribution in [1.82, 2.24) is 4.98 Å². The smallest absolute Gasteiger partial charge is 0.333 e. The number of hydrogen-bond acceptors (Lipinski definition) is 5. The molecule has 3 unspecified atom stereocenters. The minimum Gasteiger partial charge on any atom is -0.466 e. The summed E-state index contributed by atoms with van der Waals surface area (Å²) in [6.45, 7) is 6.14. The van der Waals surface area contributed by atoms with Gasteiger partial charge in [0.1, 0.15) is 0 Å². The first-order valence-electron chi connectivity index (χ1n) is 6.52. The molecule has 0 saturated heterocycles. The number of ether oxygens (including phenoxy) is 1. The molecule has 2 N–H and O–H groups in total. The van der Waals surface area contributed by atoms with Crippen molar-refractivity contribution in [2.75, 3.05) is 12.8 Å². The van der Waals surface area contributed by atoms with Gasteiger partial charge in [-0.3, -0.25) is 0 Å². The van der Waals surface area contributed by atoms with Crippen LogP contribution in [0.1, 0.15) is 37.8 Å². The molecule has 1 aliphatic carbocycles. The highest BCUT2D eigenvalue weighted by atomic mass is 32.1. The Kier molecular flexibility index (Phi) is 4.24. The second-order valence-electron chi connectivity index (χ2n) is 5.17. The van der Waals surface area contributed by atoms with E-state index in [1.165, 1.54) is 18.4 Å². The third-order valence-corrected chi connectivity index (χ3v) is 4.69. The number of hydrogen-bond donors (Lipinski definition) is 1. The Morgan fingerprint density at radius 1 is 1.58 bits per heavy atom. The Labute approximate surface area is 117 Å². The van der Waals surface area contributed by atoms with Crippen molar-refractivity contribution < 1.29 is 9.53 Å². The van der Waals surface area contributed by atoms with E-state index in [9.17, 15) is 4.79 Å². The number of nitrogen functional groups attached to an aromatic ring is 1. The summed E-state index contributed by atoms with van der Waals surface area (Å²) in [6, 6.07) is 0. The average Bonchev–Trinajstić information content (AvgIpc) is 2.82. The maximum atomic E-state index is 11.7. The van der Waals surface area contributed by atoms with Crippen molar-refractivity contribution in [3.8, 4) is 0 Å². The normalized spacial score (nSPS) is 26.9. The van der Waals surface area contributed by atoms with Gasteiger partial charge in [0.05, 0.1) is 12.8 Å². The van der Waals surface area contributed by atoms with Gasteiger partial charge in [0, 0.05) is 16.9 Å². The van der Waals surface area contributed by atoms with Crippen LogP contribution in [0.3, 0.4) is 0 Å². The number of aromatic nitrogens is 1. The monoisotopic (exact) mass is 280 g/mol.